The lowest BCUT2D eigenvalue weighted by Gasteiger charge is -2.27. The molecular formula is C21H29N3O2. The molecule has 0 unspecified atom stereocenters. The van der Waals surface area contributed by atoms with E-state index in [1.807, 2.05) is 38.2 Å². The van der Waals surface area contributed by atoms with Crippen molar-refractivity contribution in [2.45, 2.75) is 64.5 Å². The lowest BCUT2D eigenvalue weighted by atomic mass is 9.91. The third kappa shape index (κ3) is 3.92. The minimum Gasteiger partial charge on any atom is -0.497 e. The molecule has 1 aliphatic rings. The molecule has 1 aliphatic heterocycles. The molecule has 0 spiro atoms. The molecule has 0 saturated heterocycles. The van der Waals surface area contributed by atoms with Crippen LogP contribution >= 0.6 is 0 Å². The number of carbonyl (C=O) groups is 1. The van der Waals surface area contributed by atoms with Crippen LogP contribution in [0.5, 0.6) is 5.75 Å². The van der Waals surface area contributed by atoms with Crippen molar-refractivity contribution in [2.24, 2.45) is 0 Å². The van der Waals surface area contributed by atoms with E-state index in [1.165, 1.54) is 6.42 Å². The minimum atomic E-state index is -0.0364. The fraction of sp³-hybridized carbons (Fsp3) is 0.524. The summed E-state index contributed by atoms with van der Waals surface area (Å²) in [6.07, 6.45) is 5.70. The molecule has 0 fully saturated rings. The summed E-state index contributed by atoms with van der Waals surface area (Å²) in [6.45, 7) is 6.22. The predicted molar refractivity (Wildman–Crippen MR) is 103 cm³/mol. The molecule has 0 saturated carbocycles. The second-order valence-electron chi connectivity index (χ2n) is 7.47. The molecule has 0 bridgehead atoms. The molecule has 1 aromatic heterocycles. The van der Waals surface area contributed by atoms with Gasteiger partial charge in [0.15, 0.2) is 0 Å². The highest BCUT2D eigenvalue weighted by Crippen LogP contribution is 2.35. The normalized spacial score (nSPS) is 17.7. The standard InChI is InChI=1S/C21H29N3O2/c1-14(2)23-21(25)12-18(16-8-6-9-17(11-16)26-4)19-13-22-20-10-5-7-15(3)24(19)20/h6,8-9,11,13-15,18H,5,7,10,12H2,1-4H3,(H,23,25)/t15-,18+/m0/s1. The largest absolute Gasteiger partial charge is 0.497 e. The third-order valence-corrected chi connectivity index (χ3v) is 5.06. The van der Waals surface area contributed by atoms with Gasteiger partial charge in [0.1, 0.15) is 11.6 Å². The molecule has 1 N–H and O–H groups in total. The molecular weight excluding hydrogens is 326 g/mol. The lowest BCUT2D eigenvalue weighted by molar-refractivity contribution is -0.121. The maximum atomic E-state index is 12.6. The first-order chi connectivity index (χ1) is 12.5. The summed E-state index contributed by atoms with van der Waals surface area (Å²) in [5.74, 6) is 1.97. The molecule has 140 valence electrons. The number of carbonyl (C=O) groups excluding carboxylic acids is 1. The molecule has 0 aliphatic carbocycles. The fourth-order valence-electron chi connectivity index (χ4n) is 3.87. The van der Waals surface area contributed by atoms with E-state index in [2.05, 4.69) is 27.9 Å². The quantitative estimate of drug-likeness (QED) is 0.857. The number of hydrogen-bond acceptors (Lipinski definition) is 3. The zero-order valence-electron chi connectivity index (χ0n) is 16.2. The Bertz CT molecular complexity index is 766. The van der Waals surface area contributed by atoms with Crippen LogP contribution in [0.3, 0.4) is 0 Å². The summed E-state index contributed by atoms with van der Waals surface area (Å²) in [5, 5.41) is 3.02. The highest BCUT2D eigenvalue weighted by molar-refractivity contribution is 5.77. The second kappa shape index (κ2) is 7.94. The van der Waals surface area contributed by atoms with Crippen LogP contribution in [0.1, 0.15) is 69.1 Å². The van der Waals surface area contributed by atoms with Gasteiger partial charge in [-0.15, -0.1) is 0 Å². The molecule has 1 amide bonds. The Hall–Kier alpha value is -2.30. The zero-order chi connectivity index (χ0) is 18.7. The van der Waals surface area contributed by atoms with Crippen LogP contribution in [-0.4, -0.2) is 28.6 Å². The van der Waals surface area contributed by atoms with Crippen LogP contribution < -0.4 is 10.1 Å². The number of ether oxygens (including phenoxy) is 1. The monoisotopic (exact) mass is 355 g/mol. The van der Waals surface area contributed by atoms with Crippen LogP contribution in [-0.2, 0) is 11.2 Å². The first kappa shape index (κ1) is 18.5. The van der Waals surface area contributed by atoms with Crippen molar-refractivity contribution in [2.75, 3.05) is 7.11 Å². The molecule has 5 heteroatoms. The average Bonchev–Trinajstić information content (AvgIpc) is 3.04. The summed E-state index contributed by atoms with van der Waals surface area (Å²) >= 11 is 0. The number of methoxy groups -OCH3 is 1. The SMILES string of the molecule is COc1cccc([C@@H](CC(=O)NC(C)C)c2cnc3n2[C@@H](C)CCC3)c1. The zero-order valence-corrected chi connectivity index (χ0v) is 16.2. The van der Waals surface area contributed by atoms with Gasteiger partial charge in [0.2, 0.25) is 5.91 Å². The Morgan fingerprint density at radius 2 is 2.23 bits per heavy atom. The number of aromatic nitrogens is 2. The van der Waals surface area contributed by atoms with Gasteiger partial charge in [-0.3, -0.25) is 4.79 Å². The van der Waals surface area contributed by atoms with E-state index in [-0.39, 0.29) is 17.9 Å². The predicted octanol–water partition coefficient (Wildman–Crippen LogP) is 3.84. The van der Waals surface area contributed by atoms with Crippen molar-refractivity contribution in [3.05, 3.63) is 47.5 Å². The summed E-state index contributed by atoms with van der Waals surface area (Å²) in [6, 6.07) is 8.57. The van der Waals surface area contributed by atoms with E-state index in [0.717, 1.165) is 35.7 Å². The van der Waals surface area contributed by atoms with Crippen molar-refractivity contribution < 1.29 is 9.53 Å². The van der Waals surface area contributed by atoms with Gasteiger partial charge in [-0.05, 0) is 51.3 Å². The molecule has 2 heterocycles. The van der Waals surface area contributed by atoms with Crippen molar-refractivity contribution in [3.63, 3.8) is 0 Å². The maximum absolute atomic E-state index is 12.6. The van der Waals surface area contributed by atoms with Crippen LogP contribution in [0.15, 0.2) is 30.5 Å². The fourth-order valence-corrected chi connectivity index (χ4v) is 3.87. The number of benzene rings is 1. The number of aryl methyl sites for hydroxylation is 1. The van der Waals surface area contributed by atoms with Gasteiger partial charge in [-0.1, -0.05) is 12.1 Å². The Labute approximate surface area is 155 Å². The summed E-state index contributed by atoms with van der Waals surface area (Å²) < 4.78 is 7.75. The molecule has 26 heavy (non-hydrogen) atoms. The topological polar surface area (TPSA) is 56.1 Å². The number of hydrogen-bond donors (Lipinski definition) is 1. The highest BCUT2D eigenvalue weighted by Gasteiger charge is 2.27. The summed E-state index contributed by atoms with van der Waals surface area (Å²) in [7, 11) is 1.67. The summed E-state index contributed by atoms with van der Waals surface area (Å²) in [4.78, 5) is 17.2. The smallest absolute Gasteiger partial charge is 0.221 e. The number of rotatable bonds is 6. The van der Waals surface area contributed by atoms with Gasteiger partial charge in [-0.2, -0.15) is 0 Å². The molecule has 1 aromatic carbocycles. The van der Waals surface area contributed by atoms with Gasteiger partial charge in [0.05, 0.1) is 7.11 Å². The van der Waals surface area contributed by atoms with Crippen LogP contribution in [0.2, 0.25) is 0 Å². The first-order valence-corrected chi connectivity index (χ1v) is 9.49. The molecule has 5 nitrogen and oxygen atoms in total. The van der Waals surface area contributed by atoms with Gasteiger partial charge < -0.3 is 14.6 Å². The van der Waals surface area contributed by atoms with E-state index in [0.29, 0.717) is 12.5 Å². The molecule has 2 atom stereocenters. The Kier molecular flexibility index (Phi) is 5.64. The number of fused-ring (bicyclic) bond motifs is 1. The van der Waals surface area contributed by atoms with E-state index in [4.69, 9.17) is 4.74 Å². The highest BCUT2D eigenvalue weighted by atomic mass is 16.5. The lowest BCUT2D eigenvalue weighted by Crippen LogP contribution is -2.32. The maximum Gasteiger partial charge on any atom is 0.221 e. The first-order valence-electron chi connectivity index (χ1n) is 9.49. The summed E-state index contributed by atoms with van der Waals surface area (Å²) in [5.41, 5.74) is 2.21. The number of amides is 1. The average molecular weight is 355 g/mol. The van der Waals surface area contributed by atoms with Crippen LogP contribution in [0.4, 0.5) is 0 Å². The van der Waals surface area contributed by atoms with E-state index < -0.39 is 0 Å². The van der Waals surface area contributed by atoms with Gasteiger partial charge >= 0.3 is 0 Å². The van der Waals surface area contributed by atoms with Crippen molar-refractivity contribution in [1.29, 1.82) is 0 Å². The Morgan fingerprint density at radius 1 is 1.42 bits per heavy atom. The number of nitrogens with zero attached hydrogens (tertiary/aromatic N) is 2. The van der Waals surface area contributed by atoms with Crippen molar-refractivity contribution >= 4 is 5.91 Å². The number of nitrogens with one attached hydrogen (secondary N) is 1. The Balaban J connectivity index is 2.00. The van der Waals surface area contributed by atoms with E-state index >= 15 is 0 Å². The van der Waals surface area contributed by atoms with Crippen molar-refractivity contribution in [3.8, 4) is 5.75 Å². The van der Waals surface area contributed by atoms with Crippen LogP contribution in [0.25, 0.3) is 0 Å². The van der Waals surface area contributed by atoms with E-state index in [1.54, 1.807) is 7.11 Å². The molecule has 3 rings (SSSR count). The van der Waals surface area contributed by atoms with Gasteiger partial charge in [-0.25, -0.2) is 4.98 Å². The second-order valence-corrected chi connectivity index (χ2v) is 7.47. The Morgan fingerprint density at radius 3 is 2.96 bits per heavy atom. The molecule has 2 aromatic rings. The third-order valence-electron chi connectivity index (χ3n) is 5.06. The van der Waals surface area contributed by atoms with Gasteiger partial charge in [0, 0.05) is 42.7 Å². The minimum absolute atomic E-state index is 0.0364. The number of imidazole rings is 1. The molecule has 0 radical (unpaired) electrons. The van der Waals surface area contributed by atoms with Crippen molar-refractivity contribution in [1.82, 2.24) is 14.9 Å². The van der Waals surface area contributed by atoms with Gasteiger partial charge in [0.25, 0.3) is 0 Å². The van der Waals surface area contributed by atoms with Crippen LogP contribution in [0, 0.1) is 0 Å². The van der Waals surface area contributed by atoms with E-state index in [9.17, 15) is 4.79 Å².